The Morgan fingerprint density at radius 1 is 1.09 bits per heavy atom. The fourth-order valence-corrected chi connectivity index (χ4v) is 2.50. The summed E-state index contributed by atoms with van der Waals surface area (Å²) in [5.74, 6) is -0.190. The lowest BCUT2D eigenvalue weighted by atomic mass is 9.93. The third kappa shape index (κ3) is 2.48. The van der Waals surface area contributed by atoms with Crippen LogP contribution in [0, 0.1) is 0 Å². The predicted octanol–water partition coefficient (Wildman–Crippen LogP) is 4.61. The molecule has 4 nitrogen and oxygen atoms in total. The smallest absolute Gasteiger partial charge is 0.169 e. The summed E-state index contributed by atoms with van der Waals surface area (Å²) in [5, 5.41) is 10.6. The standard InChI is InChI=1S/C18H18O4/c1-5-7-12-13(10(3)19)9-14-17(21)15(8-6-2)22-18(14)16(12)11(4)20/h5-9,21H,1-4H3/b7-5+,8-6+. The number of carbonyl (C=O) groups is 2. The van der Waals surface area contributed by atoms with Gasteiger partial charge in [-0.2, -0.15) is 0 Å². The molecule has 2 aromatic rings. The molecule has 0 atom stereocenters. The lowest BCUT2D eigenvalue weighted by Gasteiger charge is -2.09. The summed E-state index contributed by atoms with van der Waals surface area (Å²) in [5.41, 5.74) is 1.53. The molecule has 1 aromatic heterocycles. The van der Waals surface area contributed by atoms with Crippen LogP contribution in [0.1, 0.15) is 59.7 Å². The molecule has 0 spiro atoms. The number of benzene rings is 1. The number of Topliss-reactive ketones (excluding diaryl/α,β-unsaturated/α-hetero) is 2. The van der Waals surface area contributed by atoms with Gasteiger partial charge in [-0.25, -0.2) is 0 Å². The Kier molecular flexibility index (Phi) is 4.31. The number of fused-ring (bicyclic) bond motifs is 1. The third-order valence-electron chi connectivity index (χ3n) is 3.40. The van der Waals surface area contributed by atoms with E-state index in [9.17, 15) is 14.7 Å². The molecule has 0 saturated carbocycles. The fraction of sp³-hybridized carbons (Fsp3) is 0.222. The van der Waals surface area contributed by atoms with Crippen molar-refractivity contribution in [2.24, 2.45) is 0 Å². The average Bonchev–Trinajstić information content (AvgIpc) is 2.75. The molecule has 0 aliphatic carbocycles. The largest absolute Gasteiger partial charge is 0.504 e. The zero-order chi connectivity index (χ0) is 16.4. The van der Waals surface area contributed by atoms with Crippen molar-refractivity contribution in [3.8, 4) is 5.75 Å². The van der Waals surface area contributed by atoms with Gasteiger partial charge in [-0.15, -0.1) is 0 Å². The summed E-state index contributed by atoms with van der Waals surface area (Å²) in [6.07, 6.45) is 6.81. The first kappa shape index (κ1) is 15.8. The van der Waals surface area contributed by atoms with E-state index >= 15 is 0 Å². The molecule has 0 aliphatic rings. The van der Waals surface area contributed by atoms with Gasteiger partial charge in [0.25, 0.3) is 0 Å². The lowest BCUT2D eigenvalue weighted by molar-refractivity contribution is 0.101. The minimum atomic E-state index is -0.220. The van der Waals surface area contributed by atoms with Crippen LogP contribution in [-0.4, -0.2) is 16.7 Å². The van der Waals surface area contributed by atoms with Gasteiger partial charge in [-0.1, -0.05) is 18.2 Å². The molecule has 0 radical (unpaired) electrons. The molecular formula is C18H18O4. The zero-order valence-electron chi connectivity index (χ0n) is 13.1. The zero-order valence-corrected chi connectivity index (χ0v) is 13.1. The Morgan fingerprint density at radius 3 is 2.23 bits per heavy atom. The third-order valence-corrected chi connectivity index (χ3v) is 3.40. The second-order valence-corrected chi connectivity index (χ2v) is 5.02. The van der Waals surface area contributed by atoms with Gasteiger partial charge < -0.3 is 9.52 Å². The van der Waals surface area contributed by atoms with Crippen molar-refractivity contribution in [2.75, 3.05) is 0 Å². The van der Waals surface area contributed by atoms with Gasteiger partial charge in [-0.05, 0) is 45.4 Å². The highest BCUT2D eigenvalue weighted by Crippen LogP contribution is 2.38. The number of hydrogen-bond acceptors (Lipinski definition) is 4. The maximum Gasteiger partial charge on any atom is 0.169 e. The van der Waals surface area contributed by atoms with E-state index in [2.05, 4.69) is 0 Å². The molecule has 114 valence electrons. The highest BCUT2D eigenvalue weighted by Gasteiger charge is 2.23. The molecule has 2 rings (SSSR count). The van der Waals surface area contributed by atoms with Crippen LogP contribution in [0.15, 0.2) is 22.6 Å². The number of furan rings is 1. The molecule has 1 N–H and O–H groups in total. The summed E-state index contributed by atoms with van der Waals surface area (Å²) in [4.78, 5) is 24.0. The molecule has 22 heavy (non-hydrogen) atoms. The summed E-state index contributed by atoms with van der Waals surface area (Å²) in [7, 11) is 0. The number of aromatic hydroxyl groups is 1. The minimum Gasteiger partial charge on any atom is -0.504 e. The van der Waals surface area contributed by atoms with Crippen molar-refractivity contribution >= 4 is 34.7 Å². The lowest BCUT2D eigenvalue weighted by Crippen LogP contribution is -2.04. The van der Waals surface area contributed by atoms with E-state index in [4.69, 9.17) is 4.42 Å². The van der Waals surface area contributed by atoms with E-state index in [0.717, 1.165) is 0 Å². The SMILES string of the molecule is C/C=C/c1oc2c(C(C)=O)c(/C=C/C)c(C(C)=O)cc2c1O. The Hall–Kier alpha value is -2.62. The van der Waals surface area contributed by atoms with E-state index in [0.29, 0.717) is 27.7 Å². The Balaban J connectivity index is 3.03. The first-order valence-corrected chi connectivity index (χ1v) is 7.02. The molecule has 0 saturated heterocycles. The molecule has 0 amide bonds. The summed E-state index contributed by atoms with van der Waals surface area (Å²) < 4.78 is 5.65. The van der Waals surface area contributed by atoms with Crippen LogP contribution in [-0.2, 0) is 0 Å². The molecule has 4 heteroatoms. The van der Waals surface area contributed by atoms with Crippen LogP contribution in [0.25, 0.3) is 23.1 Å². The van der Waals surface area contributed by atoms with Crippen LogP contribution < -0.4 is 0 Å². The summed E-state index contributed by atoms with van der Waals surface area (Å²) >= 11 is 0. The average molecular weight is 298 g/mol. The van der Waals surface area contributed by atoms with E-state index < -0.39 is 0 Å². The normalized spacial score (nSPS) is 11.8. The van der Waals surface area contributed by atoms with E-state index in [-0.39, 0.29) is 23.1 Å². The minimum absolute atomic E-state index is 0.0647. The van der Waals surface area contributed by atoms with Gasteiger partial charge in [0.05, 0.1) is 10.9 Å². The molecule has 1 aromatic carbocycles. The highest BCUT2D eigenvalue weighted by atomic mass is 16.4. The second-order valence-electron chi connectivity index (χ2n) is 5.02. The van der Waals surface area contributed by atoms with Gasteiger partial charge in [0.1, 0.15) is 5.58 Å². The van der Waals surface area contributed by atoms with Gasteiger partial charge in [-0.3, -0.25) is 9.59 Å². The molecule has 0 aliphatic heterocycles. The van der Waals surface area contributed by atoms with Crippen molar-refractivity contribution in [1.82, 2.24) is 0 Å². The topological polar surface area (TPSA) is 67.5 Å². The molecule has 0 fully saturated rings. The van der Waals surface area contributed by atoms with Crippen LogP contribution in [0.3, 0.4) is 0 Å². The second kappa shape index (κ2) is 6.02. The first-order valence-electron chi connectivity index (χ1n) is 7.02. The van der Waals surface area contributed by atoms with Crippen LogP contribution >= 0.6 is 0 Å². The monoisotopic (exact) mass is 298 g/mol. The van der Waals surface area contributed by atoms with Crippen molar-refractivity contribution in [2.45, 2.75) is 27.7 Å². The van der Waals surface area contributed by atoms with Gasteiger partial charge in [0.15, 0.2) is 23.1 Å². The Labute approximate surface area is 128 Å². The van der Waals surface area contributed by atoms with E-state index in [1.807, 2.05) is 6.92 Å². The van der Waals surface area contributed by atoms with E-state index in [1.54, 1.807) is 37.3 Å². The van der Waals surface area contributed by atoms with E-state index in [1.165, 1.54) is 13.8 Å². The Bertz CT molecular complexity index is 819. The summed E-state index contributed by atoms with van der Waals surface area (Å²) in [6, 6.07) is 1.57. The van der Waals surface area contributed by atoms with Crippen molar-refractivity contribution in [3.05, 3.63) is 40.7 Å². The number of hydrogen-bond donors (Lipinski definition) is 1. The van der Waals surface area contributed by atoms with Crippen LogP contribution in [0.2, 0.25) is 0 Å². The van der Waals surface area contributed by atoms with Crippen molar-refractivity contribution < 1.29 is 19.1 Å². The number of rotatable bonds is 4. The van der Waals surface area contributed by atoms with Gasteiger partial charge >= 0.3 is 0 Å². The highest BCUT2D eigenvalue weighted by molar-refractivity contribution is 6.14. The molecule has 0 bridgehead atoms. The molecule has 0 unspecified atom stereocenters. The molecule has 1 heterocycles. The van der Waals surface area contributed by atoms with Crippen molar-refractivity contribution in [3.63, 3.8) is 0 Å². The Morgan fingerprint density at radius 2 is 1.73 bits per heavy atom. The van der Waals surface area contributed by atoms with Crippen LogP contribution in [0.5, 0.6) is 5.75 Å². The molecular weight excluding hydrogens is 280 g/mol. The van der Waals surface area contributed by atoms with Crippen LogP contribution in [0.4, 0.5) is 0 Å². The van der Waals surface area contributed by atoms with Gasteiger partial charge in [0.2, 0.25) is 0 Å². The first-order chi connectivity index (χ1) is 10.4. The van der Waals surface area contributed by atoms with Crippen molar-refractivity contribution in [1.29, 1.82) is 0 Å². The van der Waals surface area contributed by atoms with Gasteiger partial charge in [0, 0.05) is 5.56 Å². The number of carbonyl (C=O) groups excluding carboxylic acids is 2. The quantitative estimate of drug-likeness (QED) is 0.837. The summed E-state index contributed by atoms with van der Waals surface area (Å²) in [6.45, 7) is 6.45. The number of allylic oxidation sites excluding steroid dienone is 2. The number of ketones is 2. The maximum atomic E-state index is 12.1. The predicted molar refractivity (Wildman–Crippen MR) is 87.3 cm³/mol. The maximum absolute atomic E-state index is 12.1. The fourth-order valence-electron chi connectivity index (χ4n) is 2.50.